The molecule has 2 heterocycles. The van der Waals surface area contributed by atoms with Crippen molar-refractivity contribution in [3.05, 3.63) is 53.3 Å². The molecule has 0 unspecified atom stereocenters. The third-order valence-electron chi connectivity index (χ3n) is 3.49. The van der Waals surface area contributed by atoms with E-state index in [1.165, 1.54) is 0 Å². The van der Waals surface area contributed by atoms with Crippen molar-refractivity contribution >= 4 is 11.6 Å². The van der Waals surface area contributed by atoms with E-state index < -0.39 is 0 Å². The van der Waals surface area contributed by atoms with Gasteiger partial charge in [0, 0.05) is 18.3 Å². The van der Waals surface area contributed by atoms with Gasteiger partial charge in [-0.05, 0) is 43.2 Å². The first-order valence-electron chi connectivity index (χ1n) is 7.12. The molecule has 1 amide bonds. The molecule has 110 valence electrons. The van der Waals surface area contributed by atoms with Crippen LogP contribution in [-0.2, 0) is 4.79 Å². The summed E-state index contributed by atoms with van der Waals surface area (Å²) in [7, 11) is 1.76. The van der Waals surface area contributed by atoms with Crippen LogP contribution in [0.5, 0.6) is 5.75 Å². The highest BCUT2D eigenvalue weighted by Gasteiger charge is 2.19. The second-order valence-corrected chi connectivity index (χ2v) is 5.15. The Labute approximate surface area is 129 Å². The zero-order chi connectivity index (χ0) is 15.5. The van der Waals surface area contributed by atoms with Crippen molar-refractivity contribution in [1.82, 2.24) is 4.98 Å². The van der Waals surface area contributed by atoms with Crippen molar-refractivity contribution < 1.29 is 9.53 Å². The van der Waals surface area contributed by atoms with Crippen molar-refractivity contribution in [3.8, 4) is 17.6 Å². The highest BCUT2D eigenvalue weighted by atomic mass is 16.5. The number of amides is 1. The average molecular weight is 292 g/mol. The maximum atomic E-state index is 11.9. The zero-order valence-corrected chi connectivity index (χ0v) is 12.6. The van der Waals surface area contributed by atoms with Crippen LogP contribution in [0, 0.1) is 18.8 Å². The summed E-state index contributed by atoms with van der Waals surface area (Å²) in [6, 6.07) is 11.4. The molecule has 0 atom stereocenters. The largest absolute Gasteiger partial charge is 0.491 e. The molecule has 0 saturated heterocycles. The first kappa shape index (κ1) is 14.2. The molecular weight excluding hydrogens is 276 g/mol. The normalized spacial score (nSPS) is 13.5. The fraction of sp³-hybridized carbons (Fsp3) is 0.222. The molecule has 2 aromatic rings. The van der Waals surface area contributed by atoms with Gasteiger partial charge in [-0.3, -0.25) is 4.79 Å². The molecule has 1 aliphatic heterocycles. The van der Waals surface area contributed by atoms with Crippen molar-refractivity contribution in [2.75, 3.05) is 18.6 Å². The van der Waals surface area contributed by atoms with E-state index in [0.29, 0.717) is 18.8 Å². The maximum absolute atomic E-state index is 11.9. The smallest absolute Gasteiger partial charge is 0.230 e. The molecule has 1 aromatic carbocycles. The summed E-state index contributed by atoms with van der Waals surface area (Å²) in [6.45, 7) is 2.35. The summed E-state index contributed by atoms with van der Waals surface area (Å²) in [5.74, 6) is 6.89. The first-order valence-corrected chi connectivity index (χ1v) is 7.12. The Morgan fingerprint density at radius 1 is 1.23 bits per heavy atom. The standard InChI is InChI=1S/C18H16N2O2/c1-13-4-3-5-15(19-13)8-6-14-7-9-17-16(12-14)20(2)18(21)10-11-22-17/h3-5,7,9,12H,10-11H2,1-2H3. The first-order chi connectivity index (χ1) is 10.6. The number of carbonyl (C=O) groups excluding carboxylic acids is 1. The summed E-state index contributed by atoms with van der Waals surface area (Å²) in [5.41, 5.74) is 3.25. The van der Waals surface area contributed by atoms with Gasteiger partial charge in [-0.15, -0.1) is 0 Å². The molecule has 1 aliphatic rings. The van der Waals surface area contributed by atoms with Gasteiger partial charge >= 0.3 is 0 Å². The number of carbonyl (C=O) groups is 1. The van der Waals surface area contributed by atoms with Gasteiger partial charge in [0.05, 0.1) is 18.7 Å². The van der Waals surface area contributed by atoms with Crippen LogP contribution < -0.4 is 9.64 Å². The fourth-order valence-corrected chi connectivity index (χ4v) is 2.28. The monoisotopic (exact) mass is 292 g/mol. The number of pyridine rings is 1. The lowest BCUT2D eigenvalue weighted by Gasteiger charge is -2.16. The van der Waals surface area contributed by atoms with Gasteiger partial charge in [-0.1, -0.05) is 12.0 Å². The SMILES string of the molecule is Cc1cccc(C#Cc2ccc3c(c2)N(C)C(=O)CCO3)n1. The topological polar surface area (TPSA) is 42.4 Å². The molecule has 0 fully saturated rings. The number of rotatable bonds is 0. The number of benzene rings is 1. The predicted octanol–water partition coefficient (Wildman–Crippen LogP) is 2.54. The van der Waals surface area contributed by atoms with E-state index in [-0.39, 0.29) is 5.91 Å². The van der Waals surface area contributed by atoms with Crippen LogP contribution in [0.2, 0.25) is 0 Å². The van der Waals surface area contributed by atoms with Gasteiger partial charge in [0.25, 0.3) is 0 Å². The minimum atomic E-state index is 0.0456. The van der Waals surface area contributed by atoms with Gasteiger partial charge in [0.1, 0.15) is 11.4 Å². The van der Waals surface area contributed by atoms with Crippen LogP contribution in [0.1, 0.15) is 23.4 Å². The van der Waals surface area contributed by atoms with Gasteiger partial charge in [0.15, 0.2) is 0 Å². The van der Waals surface area contributed by atoms with Crippen molar-refractivity contribution in [1.29, 1.82) is 0 Å². The lowest BCUT2D eigenvalue weighted by Crippen LogP contribution is -2.25. The minimum absolute atomic E-state index is 0.0456. The van der Waals surface area contributed by atoms with Gasteiger partial charge < -0.3 is 9.64 Å². The van der Waals surface area contributed by atoms with Crippen LogP contribution in [-0.4, -0.2) is 24.5 Å². The van der Waals surface area contributed by atoms with Crippen LogP contribution in [0.4, 0.5) is 5.69 Å². The number of anilines is 1. The molecular formula is C18H16N2O2. The Kier molecular flexibility index (Phi) is 3.80. The Hall–Kier alpha value is -2.80. The summed E-state index contributed by atoms with van der Waals surface area (Å²) >= 11 is 0. The number of hydrogen-bond acceptors (Lipinski definition) is 3. The lowest BCUT2D eigenvalue weighted by molar-refractivity contribution is -0.118. The number of fused-ring (bicyclic) bond motifs is 1. The van der Waals surface area contributed by atoms with Crippen LogP contribution in [0.3, 0.4) is 0 Å². The van der Waals surface area contributed by atoms with E-state index in [4.69, 9.17) is 4.74 Å². The molecule has 1 aromatic heterocycles. The van der Waals surface area contributed by atoms with E-state index in [1.54, 1.807) is 11.9 Å². The molecule has 0 radical (unpaired) electrons. The fourth-order valence-electron chi connectivity index (χ4n) is 2.28. The Morgan fingerprint density at radius 2 is 2.09 bits per heavy atom. The highest BCUT2D eigenvalue weighted by molar-refractivity contribution is 5.95. The third-order valence-corrected chi connectivity index (χ3v) is 3.49. The number of aryl methyl sites for hydroxylation is 1. The summed E-state index contributed by atoms with van der Waals surface area (Å²) < 4.78 is 5.60. The molecule has 0 aliphatic carbocycles. The molecule has 0 N–H and O–H groups in total. The second-order valence-electron chi connectivity index (χ2n) is 5.15. The second kappa shape index (κ2) is 5.90. The van der Waals surface area contributed by atoms with E-state index in [9.17, 15) is 4.79 Å². The van der Waals surface area contributed by atoms with E-state index in [1.807, 2.05) is 43.3 Å². The Balaban J connectivity index is 1.94. The third kappa shape index (κ3) is 2.94. The number of hydrogen-bond donors (Lipinski definition) is 0. The predicted molar refractivity (Wildman–Crippen MR) is 84.9 cm³/mol. The molecule has 4 nitrogen and oxygen atoms in total. The van der Waals surface area contributed by atoms with Gasteiger partial charge in [-0.2, -0.15) is 0 Å². The van der Waals surface area contributed by atoms with Crippen molar-refractivity contribution in [3.63, 3.8) is 0 Å². The average Bonchev–Trinajstić information content (AvgIpc) is 2.65. The van der Waals surface area contributed by atoms with Crippen molar-refractivity contribution in [2.45, 2.75) is 13.3 Å². The molecule has 0 bridgehead atoms. The highest BCUT2D eigenvalue weighted by Crippen LogP contribution is 2.31. The molecule has 22 heavy (non-hydrogen) atoms. The van der Waals surface area contributed by atoms with E-state index in [0.717, 1.165) is 22.6 Å². The maximum Gasteiger partial charge on any atom is 0.230 e. The van der Waals surface area contributed by atoms with Gasteiger partial charge in [0.2, 0.25) is 5.91 Å². The van der Waals surface area contributed by atoms with Crippen LogP contribution >= 0.6 is 0 Å². The number of nitrogens with zero attached hydrogens (tertiary/aromatic N) is 2. The Bertz CT molecular complexity index is 787. The Morgan fingerprint density at radius 3 is 2.91 bits per heavy atom. The molecule has 0 spiro atoms. The van der Waals surface area contributed by atoms with E-state index >= 15 is 0 Å². The number of aromatic nitrogens is 1. The summed E-state index contributed by atoms with van der Waals surface area (Å²) in [4.78, 5) is 17.9. The molecule has 4 heteroatoms. The lowest BCUT2D eigenvalue weighted by atomic mass is 10.1. The van der Waals surface area contributed by atoms with E-state index in [2.05, 4.69) is 16.8 Å². The van der Waals surface area contributed by atoms with Crippen LogP contribution in [0.15, 0.2) is 36.4 Å². The molecule has 3 rings (SSSR count). The quantitative estimate of drug-likeness (QED) is 0.701. The summed E-state index contributed by atoms with van der Waals surface area (Å²) in [6.07, 6.45) is 0.388. The zero-order valence-electron chi connectivity index (χ0n) is 12.6. The van der Waals surface area contributed by atoms with Crippen LogP contribution in [0.25, 0.3) is 0 Å². The van der Waals surface area contributed by atoms with Crippen molar-refractivity contribution in [2.24, 2.45) is 0 Å². The van der Waals surface area contributed by atoms with Gasteiger partial charge in [-0.25, -0.2) is 4.98 Å². The minimum Gasteiger partial charge on any atom is -0.491 e. The molecule has 0 saturated carbocycles. The summed E-state index contributed by atoms with van der Waals surface area (Å²) in [5, 5.41) is 0. The number of ether oxygens (including phenoxy) is 1.